The van der Waals surface area contributed by atoms with E-state index in [9.17, 15) is 14.7 Å². The standard InChI is InChI=1S/C14H25N3O3/c1-9(2)7-16-6-4-5-14(16)8-17(13(14)20)11(10(3)18)12(15)19/h9-11,18H,4-8H2,1-3H3,(H2,15,19)/t10-,11+,14+/m1/s1. The van der Waals surface area contributed by atoms with Crippen molar-refractivity contribution in [1.29, 1.82) is 0 Å². The molecule has 0 radical (unpaired) electrons. The van der Waals surface area contributed by atoms with Gasteiger partial charge < -0.3 is 15.7 Å². The predicted molar refractivity (Wildman–Crippen MR) is 74.8 cm³/mol. The lowest BCUT2D eigenvalue weighted by Crippen LogP contribution is -2.76. The Bertz CT molecular complexity index is 410. The smallest absolute Gasteiger partial charge is 0.245 e. The van der Waals surface area contributed by atoms with E-state index in [1.54, 1.807) is 0 Å². The monoisotopic (exact) mass is 283 g/mol. The molecule has 0 saturated carbocycles. The van der Waals surface area contributed by atoms with Gasteiger partial charge in [0.05, 0.1) is 6.10 Å². The van der Waals surface area contributed by atoms with Crippen LogP contribution in [0.1, 0.15) is 33.6 Å². The van der Waals surface area contributed by atoms with Crippen molar-refractivity contribution in [2.75, 3.05) is 19.6 Å². The second kappa shape index (κ2) is 5.33. The van der Waals surface area contributed by atoms with E-state index in [1.807, 2.05) is 0 Å². The third-order valence-corrected chi connectivity index (χ3v) is 4.38. The molecule has 2 heterocycles. The summed E-state index contributed by atoms with van der Waals surface area (Å²) in [5.41, 5.74) is 4.85. The van der Waals surface area contributed by atoms with Crippen LogP contribution in [0.25, 0.3) is 0 Å². The number of hydrogen-bond acceptors (Lipinski definition) is 4. The fourth-order valence-corrected chi connectivity index (χ4v) is 3.54. The number of nitrogens with zero attached hydrogens (tertiary/aromatic N) is 2. The van der Waals surface area contributed by atoms with Gasteiger partial charge in [0.15, 0.2) is 0 Å². The maximum Gasteiger partial charge on any atom is 0.245 e. The average molecular weight is 283 g/mol. The molecule has 0 aromatic carbocycles. The third-order valence-electron chi connectivity index (χ3n) is 4.38. The van der Waals surface area contributed by atoms with Gasteiger partial charge in [0.25, 0.3) is 0 Å². The Morgan fingerprint density at radius 1 is 1.45 bits per heavy atom. The molecule has 1 spiro atoms. The number of rotatable bonds is 5. The number of aliphatic hydroxyl groups excluding tert-OH is 1. The van der Waals surface area contributed by atoms with Crippen molar-refractivity contribution < 1.29 is 14.7 Å². The lowest BCUT2D eigenvalue weighted by atomic mass is 9.83. The number of likely N-dealkylation sites (tertiary alicyclic amines) is 2. The fourth-order valence-electron chi connectivity index (χ4n) is 3.54. The van der Waals surface area contributed by atoms with Gasteiger partial charge in [-0.1, -0.05) is 13.8 Å². The molecule has 0 aromatic heterocycles. The molecule has 2 rings (SSSR count). The van der Waals surface area contributed by atoms with Gasteiger partial charge in [-0.25, -0.2) is 0 Å². The normalized spacial score (nSPS) is 29.9. The van der Waals surface area contributed by atoms with Gasteiger partial charge in [-0.2, -0.15) is 0 Å². The van der Waals surface area contributed by atoms with E-state index >= 15 is 0 Å². The molecule has 2 aliphatic heterocycles. The van der Waals surface area contributed by atoms with E-state index < -0.39 is 23.6 Å². The van der Waals surface area contributed by atoms with Crippen molar-refractivity contribution in [2.45, 2.75) is 51.3 Å². The topological polar surface area (TPSA) is 86.9 Å². The van der Waals surface area contributed by atoms with Crippen LogP contribution < -0.4 is 5.73 Å². The summed E-state index contributed by atoms with van der Waals surface area (Å²) in [4.78, 5) is 27.7. The zero-order valence-electron chi connectivity index (χ0n) is 12.5. The number of amides is 2. The molecule has 0 aromatic rings. The Morgan fingerprint density at radius 2 is 2.10 bits per heavy atom. The zero-order valence-corrected chi connectivity index (χ0v) is 12.5. The first-order chi connectivity index (χ1) is 9.29. The fraction of sp³-hybridized carbons (Fsp3) is 0.857. The summed E-state index contributed by atoms with van der Waals surface area (Å²) in [5.74, 6) is -0.201. The van der Waals surface area contributed by atoms with Crippen LogP contribution in [-0.2, 0) is 9.59 Å². The first-order valence-electron chi connectivity index (χ1n) is 7.33. The lowest BCUT2D eigenvalue weighted by molar-refractivity contribution is -0.172. The maximum atomic E-state index is 12.6. The molecular formula is C14H25N3O3. The summed E-state index contributed by atoms with van der Waals surface area (Å²) in [6.45, 7) is 8.07. The van der Waals surface area contributed by atoms with Gasteiger partial charge in [-0.15, -0.1) is 0 Å². The average Bonchev–Trinajstić information content (AvgIpc) is 2.72. The molecule has 2 fully saturated rings. The van der Waals surface area contributed by atoms with Crippen LogP contribution in [0.15, 0.2) is 0 Å². The van der Waals surface area contributed by atoms with E-state index in [-0.39, 0.29) is 5.91 Å². The van der Waals surface area contributed by atoms with Gasteiger partial charge in [0, 0.05) is 13.1 Å². The molecule has 0 unspecified atom stereocenters. The van der Waals surface area contributed by atoms with Gasteiger partial charge in [-0.3, -0.25) is 14.5 Å². The van der Waals surface area contributed by atoms with Crippen molar-refractivity contribution in [3.63, 3.8) is 0 Å². The Balaban J connectivity index is 2.12. The summed E-state index contributed by atoms with van der Waals surface area (Å²) in [5, 5.41) is 9.67. The first-order valence-corrected chi connectivity index (χ1v) is 7.33. The minimum atomic E-state index is -0.936. The molecule has 2 amide bonds. The van der Waals surface area contributed by atoms with Crippen molar-refractivity contribution >= 4 is 11.8 Å². The van der Waals surface area contributed by atoms with Crippen LogP contribution in [0.5, 0.6) is 0 Å². The Labute approximate surface area is 119 Å². The van der Waals surface area contributed by atoms with Crippen molar-refractivity contribution in [2.24, 2.45) is 11.7 Å². The molecule has 6 nitrogen and oxygen atoms in total. The summed E-state index contributed by atoms with van der Waals surface area (Å²) in [6, 6.07) is -0.908. The van der Waals surface area contributed by atoms with Crippen LogP contribution in [-0.4, -0.2) is 64.0 Å². The minimum Gasteiger partial charge on any atom is -0.391 e. The van der Waals surface area contributed by atoms with Crippen LogP contribution in [0.3, 0.4) is 0 Å². The van der Waals surface area contributed by atoms with E-state index in [0.29, 0.717) is 12.5 Å². The first kappa shape index (κ1) is 15.3. The quantitative estimate of drug-likeness (QED) is 0.669. The van der Waals surface area contributed by atoms with Crippen LogP contribution in [0.2, 0.25) is 0 Å². The van der Waals surface area contributed by atoms with Crippen molar-refractivity contribution in [3.8, 4) is 0 Å². The molecule has 114 valence electrons. The zero-order chi connectivity index (χ0) is 15.1. The van der Waals surface area contributed by atoms with E-state index in [0.717, 1.165) is 25.9 Å². The summed E-state index contributed by atoms with van der Waals surface area (Å²) in [6.07, 6.45) is 0.900. The molecule has 3 atom stereocenters. The highest BCUT2D eigenvalue weighted by Gasteiger charge is 2.60. The Morgan fingerprint density at radius 3 is 2.55 bits per heavy atom. The predicted octanol–water partition coefficient (Wildman–Crippen LogP) is -0.446. The van der Waals surface area contributed by atoms with Crippen LogP contribution >= 0.6 is 0 Å². The number of carbonyl (C=O) groups is 2. The highest BCUT2D eigenvalue weighted by molar-refractivity contribution is 5.97. The lowest BCUT2D eigenvalue weighted by Gasteiger charge is -2.54. The molecule has 3 N–H and O–H groups in total. The minimum absolute atomic E-state index is 0.0552. The maximum absolute atomic E-state index is 12.6. The summed E-state index contributed by atoms with van der Waals surface area (Å²) >= 11 is 0. The van der Waals surface area contributed by atoms with Gasteiger partial charge in [0.1, 0.15) is 11.6 Å². The van der Waals surface area contributed by atoms with Crippen molar-refractivity contribution in [1.82, 2.24) is 9.80 Å². The highest BCUT2D eigenvalue weighted by Crippen LogP contribution is 2.40. The molecule has 2 aliphatic rings. The number of β-lactam (4-membered cyclic amide) rings is 1. The summed E-state index contributed by atoms with van der Waals surface area (Å²) in [7, 11) is 0. The number of primary amides is 1. The Kier molecular flexibility index (Phi) is 4.07. The van der Waals surface area contributed by atoms with E-state index in [2.05, 4.69) is 18.7 Å². The van der Waals surface area contributed by atoms with E-state index in [4.69, 9.17) is 5.73 Å². The molecular weight excluding hydrogens is 258 g/mol. The number of aliphatic hydroxyl groups is 1. The molecule has 6 heteroatoms. The largest absolute Gasteiger partial charge is 0.391 e. The molecule has 20 heavy (non-hydrogen) atoms. The second-order valence-electron chi connectivity index (χ2n) is 6.50. The van der Waals surface area contributed by atoms with Gasteiger partial charge >= 0.3 is 0 Å². The third kappa shape index (κ3) is 2.31. The number of hydrogen-bond donors (Lipinski definition) is 2. The van der Waals surface area contributed by atoms with Crippen molar-refractivity contribution in [3.05, 3.63) is 0 Å². The number of carbonyl (C=O) groups excluding carboxylic acids is 2. The van der Waals surface area contributed by atoms with Crippen LogP contribution in [0, 0.1) is 5.92 Å². The summed E-state index contributed by atoms with van der Waals surface area (Å²) < 4.78 is 0. The SMILES string of the molecule is CC(C)CN1CCC[C@@]12CN([C@H](C(N)=O)[C@@H](C)O)C2=O. The second-order valence-corrected chi connectivity index (χ2v) is 6.50. The van der Waals surface area contributed by atoms with Crippen LogP contribution in [0.4, 0.5) is 0 Å². The molecule has 0 bridgehead atoms. The van der Waals surface area contributed by atoms with Gasteiger partial charge in [-0.05, 0) is 32.2 Å². The molecule has 2 saturated heterocycles. The number of nitrogens with two attached hydrogens (primary N) is 1. The van der Waals surface area contributed by atoms with Gasteiger partial charge in [0.2, 0.25) is 11.8 Å². The molecule has 0 aliphatic carbocycles. The Hall–Kier alpha value is -1.14. The van der Waals surface area contributed by atoms with E-state index in [1.165, 1.54) is 11.8 Å². The highest BCUT2D eigenvalue weighted by atomic mass is 16.3.